The molecule has 248 valence electrons. The fourth-order valence-corrected chi connectivity index (χ4v) is 6.20. The predicted octanol–water partition coefficient (Wildman–Crippen LogP) is 4.65. The average Bonchev–Trinajstić information content (AvgIpc) is 3.35. The first kappa shape index (κ1) is 34.4. The largest absolute Gasteiger partial charge is 0.507 e. The van der Waals surface area contributed by atoms with E-state index in [2.05, 4.69) is 5.32 Å². The van der Waals surface area contributed by atoms with Gasteiger partial charge in [0.2, 0.25) is 0 Å². The smallest absolute Gasteiger partial charge is 0.410 e. The molecule has 13 nitrogen and oxygen atoms in total. The van der Waals surface area contributed by atoms with Crippen molar-refractivity contribution in [1.29, 1.82) is 0 Å². The van der Waals surface area contributed by atoms with Crippen LogP contribution in [0, 0.1) is 0 Å². The molecule has 0 bridgehead atoms. The Bertz CT molecular complexity index is 1620. The molecule has 4 rings (SSSR count). The number of esters is 2. The zero-order valence-electron chi connectivity index (χ0n) is 27.4. The standard InChI is InChI=1S/C32H39N3O10S/c1-30(2,3)43-27(40)22-18-13-16(14-35-25(38)17-11-10-12-19(36)21(17)26(35)39)34(29(42)45-32(7,8)9)15-20(18)46-24(22)33-23(37)28(41)44-31(4,5)6/h10-12,16,36H,13-15H2,1-9H3,(H,33,37). The highest BCUT2D eigenvalue weighted by Crippen LogP contribution is 2.41. The molecular weight excluding hydrogens is 618 g/mol. The van der Waals surface area contributed by atoms with Crippen molar-refractivity contribution in [2.45, 2.75) is 98.1 Å². The summed E-state index contributed by atoms with van der Waals surface area (Å²) in [6, 6.07) is 3.31. The van der Waals surface area contributed by atoms with Gasteiger partial charge in [0.15, 0.2) is 0 Å². The number of phenolic OH excluding ortho intramolecular Hbond substituents is 1. The molecule has 14 heteroatoms. The first-order valence-electron chi connectivity index (χ1n) is 14.7. The van der Waals surface area contributed by atoms with E-state index in [0.717, 1.165) is 16.2 Å². The Morgan fingerprint density at radius 1 is 0.913 bits per heavy atom. The van der Waals surface area contributed by atoms with Crippen molar-refractivity contribution in [3.05, 3.63) is 45.3 Å². The second-order valence-electron chi connectivity index (χ2n) is 14.1. The number of benzene rings is 1. The van der Waals surface area contributed by atoms with Crippen LogP contribution in [0.3, 0.4) is 0 Å². The van der Waals surface area contributed by atoms with Gasteiger partial charge in [0, 0.05) is 4.88 Å². The summed E-state index contributed by atoms with van der Waals surface area (Å²) in [5.74, 6) is -4.76. The van der Waals surface area contributed by atoms with Gasteiger partial charge in [-0.1, -0.05) is 6.07 Å². The minimum Gasteiger partial charge on any atom is -0.507 e. The minimum atomic E-state index is -1.16. The Morgan fingerprint density at radius 3 is 2.09 bits per heavy atom. The van der Waals surface area contributed by atoms with Crippen molar-refractivity contribution in [3.8, 4) is 5.75 Å². The number of hydrogen-bond acceptors (Lipinski definition) is 11. The topological polar surface area (TPSA) is 169 Å². The molecule has 1 atom stereocenters. The van der Waals surface area contributed by atoms with Gasteiger partial charge in [-0.2, -0.15) is 0 Å². The van der Waals surface area contributed by atoms with Gasteiger partial charge in [-0.05, 0) is 86.4 Å². The third-order valence-electron chi connectivity index (χ3n) is 6.70. The summed E-state index contributed by atoms with van der Waals surface area (Å²) in [7, 11) is 0. The highest BCUT2D eigenvalue weighted by Gasteiger charge is 2.44. The number of anilines is 1. The Kier molecular flexibility index (Phi) is 9.01. The van der Waals surface area contributed by atoms with Crippen LogP contribution in [0.2, 0.25) is 0 Å². The Hall–Kier alpha value is -4.46. The number of aromatic hydroxyl groups is 1. The van der Waals surface area contributed by atoms with Gasteiger partial charge in [-0.15, -0.1) is 11.3 Å². The van der Waals surface area contributed by atoms with Crippen molar-refractivity contribution < 1.29 is 48.1 Å². The number of rotatable bonds is 4. The van der Waals surface area contributed by atoms with E-state index >= 15 is 0 Å². The van der Waals surface area contributed by atoms with E-state index in [1.807, 2.05) is 0 Å². The molecule has 1 aromatic carbocycles. The zero-order valence-corrected chi connectivity index (χ0v) is 28.2. The van der Waals surface area contributed by atoms with Crippen molar-refractivity contribution in [2.75, 3.05) is 11.9 Å². The summed E-state index contributed by atoms with van der Waals surface area (Å²) in [6.45, 7) is 14.5. The number of amides is 4. The van der Waals surface area contributed by atoms with Crippen LogP contribution >= 0.6 is 11.3 Å². The lowest BCUT2D eigenvalue weighted by Gasteiger charge is -2.38. The summed E-state index contributed by atoms with van der Waals surface area (Å²) < 4.78 is 16.5. The predicted molar refractivity (Wildman–Crippen MR) is 167 cm³/mol. The summed E-state index contributed by atoms with van der Waals surface area (Å²) in [5.41, 5.74) is -2.44. The molecule has 0 radical (unpaired) electrons. The van der Waals surface area contributed by atoms with E-state index in [-0.39, 0.29) is 47.0 Å². The number of fused-ring (bicyclic) bond motifs is 2. The highest BCUT2D eigenvalue weighted by molar-refractivity contribution is 7.17. The molecule has 0 aliphatic carbocycles. The van der Waals surface area contributed by atoms with E-state index in [1.165, 1.54) is 23.1 Å². The first-order chi connectivity index (χ1) is 21.1. The summed E-state index contributed by atoms with van der Waals surface area (Å²) in [6.07, 6.45) is -0.768. The molecule has 1 aromatic heterocycles. The van der Waals surface area contributed by atoms with E-state index in [4.69, 9.17) is 14.2 Å². The quantitative estimate of drug-likeness (QED) is 0.204. The highest BCUT2D eigenvalue weighted by atomic mass is 32.1. The molecule has 0 saturated heterocycles. The van der Waals surface area contributed by atoms with Gasteiger partial charge in [0.1, 0.15) is 27.6 Å². The molecule has 2 aliphatic heterocycles. The van der Waals surface area contributed by atoms with Gasteiger partial charge >= 0.3 is 23.9 Å². The van der Waals surface area contributed by atoms with Crippen LogP contribution < -0.4 is 5.32 Å². The maximum atomic E-state index is 13.6. The molecule has 1 unspecified atom stereocenters. The normalized spacial score (nSPS) is 16.5. The van der Waals surface area contributed by atoms with Crippen LogP contribution in [0.4, 0.5) is 9.80 Å². The maximum absolute atomic E-state index is 13.6. The maximum Gasteiger partial charge on any atom is 0.410 e. The second-order valence-corrected chi connectivity index (χ2v) is 15.2. The van der Waals surface area contributed by atoms with Crippen molar-refractivity contribution in [1.82, 2.24) is 9.80 Å². The average molecular weight is 658 g/mol. The number of nitrogens with one attached hydrogen (secondary N) is 1. The molecule has 2 aliphatic rings. The molecule has 4 amide bonds. The van der Waals surface area contributed by atoms with Crippen LogP contribution in [0.15, 0.2) is 18.2 Å². The Balaban J connectivity index is 1.77. The van der Waals surface area contributed by atoms with E-state index in [9.17, 15) is 33.9 Å². The molecule has 2 aromatic rings. The van der Waals surface area contributed by atoms with E-state index in [1.54, 1.807) is 62.3 Å². The van der Waals surface area contributed by atoms with Crippen LogP contribution in [0.1, 0.15) is 104 Å². The number of nitrogens with zero attached hydrogens (tertiary/aromatic N) is 2. The van der Waals surface area contributed by atoms with Crippen LogP contribution in [0.5, 0.6) is 5.75 Å². The Labute approximate surface area is 270 Å². The van der Waals surface area contributed by atoms with Crippen LogP contribution in [-0.4, -0.2) is 80.0 Å². The fraction of sp³-hybridized carbons (Fsp3) is 0.500. The van der Waals surface area contributed by atoms with Crippen molar-refractivity contribution in [2.24, 2.45) is 0 Å². The fourth-order valence-electron chi connectivity index (χ4n) is 4.99. The molecule has 3 heterocycles. The molecule has 2 N–H and O–H groups in total. The van der Waals surface area contributed by atoms with Crippen molar-refractivity contribution >= 4 is 52.1 Å². The summed E-state index contributed by atoms with van der Waals surface area (Å²) in [4.78, 5) is 81.9. The van der Waals surface area contributed by atoms with E-state index in [0.29, 0.717) is 10.4 Å². The molecule has 0 spiro atoms. The minimum absolute atomic E-state index is 0.0133. The summed E-state index contributed by atoms with van der Waals surface area (Å²) >= 11 is 0.986. The number of carbonyl (C=O) groups is 6. The third-order valence-corrected chi connectivity index (χ3v) is 7.83. The van der Waals surface area contributed by atoms with Gasteiger partial charge < -0.3 is 24.6 Å². The van der Waals surface area contributed by atoms with Gasteiger partial charge in [0.25, 0.3) is 11.8 Å². The number of carbonyl (C=O) groups excluding carboxylic acids is 6. The lowest BCUT2D eigenvalue weighted by atomic mass is 9.95. The number of ether oxygens (including phenoxy) is 3. The number of imide groups is 1. The van der Waals surface area contributed by atoms with Gasteiger partial charge in [0.05, 0.1) is 35.8 Å². The Morgan fingerprint density at radius 2 is 1.52 bits per heavy atom. The molecular formula is C32H39N3O10S. The SMILES string of the molecule is CC(C)(C)OC(=O)C(=O)Nc1sc2c(c1C(=O)OC(C)(C)C)CC(CN1C(=O)c3cccc(O)c3C1=O)N(C(=O)OC(C)(C)C)C2. The van der Waals surface area contributed by atoms with Crippen LogP contribution in [-0.2, 0) is 36.8 Å². The van der Waals surface area contributed by atoms with Gasteiger partial charge in [-0.3, -0.25) is 24.2 Å². The lowest BCUT2D eigenvalue weighted by molar-refractivity contribution is -0.161. The second kappa shape index (κ2) is 12.0. The van der Waals surface area contributed by atoms with Crippen molar-refractivity contribution in [3.63, 3.8) is 0 Å². The molecule has 0 fully saturated rings. The van der Waals surface area contributed by atoms with Crippen LogP contribution in [0.25, 0.3) is 0 Å². The third kappa shape index (κ3) is 7.49. The number of thiophene rings is 1. The molecule has 46 heavy (non-hydrogen) atoms. The monoisotopic (exact) mass is 657 g/mol. The lowest BCUT2D eigenvalue weighted by Crippen LogP contribution is -2.52. The molecule has 0 saturated carbocycles. The number of phenols is 1. The van der Waals surface area contributed by atoms with E-state index < -0.39 is 58.6 Å². The zero-order chi connectivity index (χ0) is 34.5. The first-order valence-corrected chi connectivity index (χ1v) is 15.5. The van der Waals surface area contributed by atoms with Gasteiger partial charge in [-0.25, -0.2) is 14.4 Å². The summed E-state index contributed by atoms with van der Waals surface area (Å²) in [5, 5.41) is 12.8. The number of hydrogen-bond donors (Lipinski definition) is 2.